The lowest BCUT2D eigenvalue weighted by atomic mass is 10.1. The van der Waals surface area contributed by atoms with Crippen molar-refractivity contribution in [3.05, 3.63) is 29.8 Å². The first-order valence-electron chi connectivity index (χ1n) is 9.36. The molecule has 8 heteroatoms. The number of rotatable bonds is 5. The summed E-state index contributed by atoms with van der Waals surface area (Å²) in [6.07, 6.45) is 1.41. The third kappa shape index (κ3) is 4.57. The number of nitrogens with one attached hydrogen (secondary N) is 1. The summed E-state index contributed by atoms with van der Waals surface area (Å²) < 4.78 is 0. The Bertz CT molecular complexity index is 715. The number of benzene rings is 1. The second-order valence-corrected chi connectivity index (χ2v) is 7.18. The molecule has 0 aromatic heterocycles. The molecule has 1 aromatic rings. The van der Waals surface area contributed by atoms with Crippen LogP contribution in [0.15, 0.2) is 24.3 Å². The van der Waals surface area contributed by atoms with Crippen LogP contribution in [0.4, 0.5) is 5.69 Å². The van der Waals surface area contributed by atoms with Crippen LogP contribution in [0, 0.1) is 0 Å². The fraction of sp³-hybridized carbons (Fsp3) is 0.526. The number of primary amides is 1. The monoisotopic (exact) mass is 373 g/mol. The first kappa shape index (κ1) is 19.2. The van der Waals surface area contributed by atoms with Gasteiger partial charge in [-0.2, -0.15) is 0 Å². The molecule has 0 spiro atoms. The van der Waals surface area contributed by atoms with Gasteiger partial charge in [0, 0.05) is 44.0 Å². The van der Waals surface area contributed by atoms with E-state index in [4.69, 9.17) is 5.73 Å². The average molecular weight is 373 g/mol. The molecule has 1 atom stereocenters. The van der Waals surface area contributed by atoms with Crippen molar-refractivity contribution in [2.75, 3.05) is 51.6 Å². The highest BCUT2D eigenvalue weighted by molar-refractivity contribution is 5.95. The Hall–Kier alpha value is -2.61. The van der Waals surface area contributed by atoms with Gasteiger partial charge in [0.2, 0.25) is 11.8 Å². The van der Waals surface area contributed by atoms with Gasteiger partial charge >= 0.3 is 0 Å². The molecule has 0 bridgehead atoms. The van der Waals surface area contributed by atoms with Gasteiger partial charge in [-0.05, 0) is 38.1 Å². The van der Waals surface area contributed by atoms with Crippen LogP contribution in [0.25, 0.3) is 0 Å². The lowest BCUT2D eigenvalue weighted by Gasteiger charge is -2.32. The van der Waals surface area contributed by atoms with Crippen molar-refractivity contribution >= 4 is 23.4 Å². The summed E-state index contributed by atoms with van der Waals surface area (Å²) in [6, 6.07) is 6.67. The van der Waals surface area contributed by atoms with E-state index < -0.39 is 11.9 Å². The molecule has 0 saturated carbocycles. The highest BCUT2D eigenvalue weighted by Crippen LogP contribution is 2.18. The number of hydrogen-bond donors (Lipinski definition) is 2. The molecule has 2 aliphatic heterocycles. The lowest BCUT2D eigenvalue weighted by Crippen LogP contribution is -2.47. The SMILES string of the molecule is CN1CCN(C(=O)c2cccc(NCC(=O)N3CCCC3C(N)=O)c2)CC1. The Morgan fingerprint density at radius 2 is 1.89 bits per heavy atom. The molecule has 2 heterocycles. The normalized spacial score (nSPS) is 20.6. The number of nitrogens with two attached hydrogens (primary N) is 1. The predicted octanol–water partition coefficient (Wildman–Crippen LogP) is -0.0376. The Labute approximate surface area is 159 Å². The third-order valence-electron chi connectivity index (χ3n) is 5.25. The zero-order valence-electron chi connectivity index (χ0n) is 15.7. The maximum absolute atomic E-state index is 12.7. The molecule has 3 N–H and O–H groups in total. The quantitative estimate of drug-likeness (QED) is 0.755. The smallest absolute Gasteiger partial charge is 0.254 e. The molecule has 2 aliphatic rings. The highest BCUT2D eigenvalue weighted by Gasteiger charge is 2.32. The van der Waals surface area contributed by atoms with Crippen molar-refractivity contribution < 1.29 is 14.4 Å². The molecule has 146 valence electrons. The van der Waals surface area contributed by atoms with Crippen molar-refractivity contribution in [1.29, 1.82) is 0 Å². The molecule has 2 fully saturated rings. The number of amides is 3. The predicted molar refractivity (Wildman–Crippen MR) is 102 cm³/mol. The van der Waals surface area contributed by atoms with Crippen molar-refractivity contribution in [3.8, 4) is 0 Å². The maximum atomic E-state index is 12.7. The molecule has 1 unspecified atom stereocenters. The molecule has 2 saturated heterocycles. The van der Waals surface area contributed by atoms with Crippen LogP contribution in [-0.2, 0) is 9.59 Å². The van der Waals surface area contributed by atoms with Gasteiger partial charge in [-0.1, -0.05) is 6.07 Å². The van der Waals surface area contributed by atoms with Gasteiger partial charge in [0.15, 0.2) is 0 Å². The third-order valence-corrected chi connectivity index (χ3v) is 5.25. The van der Waals surface area contributed by atoms with Crippen LogP contribution in [-0.4, -0.2) is 84.8 Å². The van der Waals surface area contributed by atoms with E-state index in [0.29, 0.717) is 24.2 Å². The summed E-state index contributed by atoms with van der Waals surface area (Å²) in [5.41, 5.74) is 6.68. The summed E-state index contributed by atoms with van der Waals surface area (Å²) in [4.78, 5) is 42.1. The second-order valence-electron chi connectivity index (χ2n) is 7.18. The topological polar surface area (TPSA) is 99.0 Å². The number of nitrogens with zero attached hydrogens (tertiary/aromatic N) is 3. The summed E-state index contributed by atoms with van der Waals surface area (Å²) in [7, 11) is 2.05. The highest BCUT2D eigenvalue weighted by atomic mass is 16.2. The standard InChI is InChI=1S/C19H27N5O3/c1-22-8-10-23(11-9-22)19(27)14-4-2-5-15(12-14)21-13-17(25)24-7-3-6-16(24)18(20)26/h2,4-5,12,16,21H,3,6-11,13H2,1H3,(H2,20,26). The summed E-state index contributed by atoms with van der Waals surface area (Å²) in [6.45, 7) is 3.79. The summed E-state index contributed by atoms with van der Waals surface area (Å²) >= 11 is 0. The van der Waals surface area contributed by atoms with Crippen LogP contribution in [0.1, 0.15) is 23.2 Å². The van der Waals surface area contributed by atoms with Crippen LogP contribution in [0.5, 0.6) is 0 Å². The molecule has 1 aromatic carbocycles. The largest absolute Gasteiger partial charge is 0.376 e. The van der Waals surface area contributed by atoms with Gasteiger partial charge in [0.1, 0.15) is 6.04 Å². The molecule has 27 heavy (non-hydrogen) atoms. The van der Waals surface area contributed by atoms with E-state index in [0.717, 1.165) is 32.6 Å². The van der Waals surface area contributed by atoms with Gasteiger partial charge in [0.25, 0.3) is 5.91 Å². The minimum absolute atomic E-state index is 0.00594. The molecular formula is C19H27N5O3. The number of carbonyl (C=O) groups is 3. The number of likely N-dealkylation sites (N-methyl/N-ethyl adjacent to an activating group) is 1. The summed E-state index contributed by atoms with van der Waals surface area (Å²) in [5, 5.41) is 3.06. The van der Waals surface area contributed by atoms with Crippen molar-refractivity contribution in [2.24, 2.45) is 5.73 Å². The number of hydrogen-bond acceptors (Lipinski definition) is 5. The number of likely N-dealkylation sites (tertiary alicyclic amines) is 1. The van der Waals surface area contributed by atoms with E-state index in [1.807, 2.05) is 18.0 Å². The molecule has 3 rings (SSSR count). The zero-order chi connectivity index (χ0) is 19.4. The lowest BCUT2D eigenvalue weighted by molar-refractivity contribution is -0.135. The number of carbonyl (C=O) groups excluding carboxylic acids is 3. The van der Waals surface area contributed by atoms with Crippen molar-refractivity contribution in [2.45, 2.75) is 18.9 Å². The Kier molecular flexibility index (Phi) is 5.95. The second kappa shape index (κ2) is 8.39. The van der Waals surface area contributed by atoms with Gasteiger partial charge in [-0.25, -0.2) is 0 Å². The van der Waals surface area contributed by atoms with Gasteiger partial charge in [-0.3, -0.25) is 14.4 Å². The zero-order valence-corrected chi connectivity index (χ0v) is 15.7. The van der Waals surface area contributed by atoms with Crippen LogP contribution in [0.3, 0.4) is 0 Å². The Morgan fingerprint density at radius 3 is 2.59 bits per heavy atom. The van der Waals surface area contributed by atoms with Crippen molar-refractivity contribution in [3.63, 3.8) is 0 Å². The van der Waals surface area contributed by atoms with Gasteiger partial charge in [-0.15, -0.1) is 0 Å². The first-order chi connectivity index (χ1) is 13.0. The minimum Gasteiger partial charge on any atom is -0.376 e. The van der Waals surface area contributed by atoms with E-state index in [9.17, 15) is 14.4 Å². The van der Waals surface area contributed by atoms with E-state index >= 15 is 0 Å². The van der Waals surface area contributed by atoms with Crippen LogP contribution < -0.4 is 11.1 Å². The van der Waals surface area contributed by atoms with E-state index in [1.165, 1.54) is 4.90 Å². The van der Waals surface area contributed by atoms with Crippen LogP contribution in [0.2, 0.25) is 0 Å². The molecule has 8 nitrogen and oxygen atoms in total. The fourth-order valence-electron chi connectivity index (χ4n) is 3.59. The molecule has 0 aliphatic carbocycles. The van der Waals surface area contributed by atoms with Crippen LogP contribution >= 0.6 is 0 Å². The first-order valence-corrected chi connectivity index (χ1v) is 9.36. The van der Waals surface area contributed by atoms with E-state index in [-0.39, 0.29) is 18.4 Å². The van der Waals surface area contributed by atoms with Gasteiger partial charge in [0.05, 0.1) is 6.54 Å². The Morgan fingerprint density at radius 1 is 1.15 bits per heavy atom. The average Bonchev–Trinajstić information content (AvgIpc) is 3.17. The van der Waals surface area contributed by atoms with E-state index in [1.54, 1.807) is 18.2 Å². The molecular weight excluding hydrogens is 346 g/mol. The molecule has 3 amide bonds. The Balaban J connectivity index is 1.58. The van der Waals surface area contributed by atoms with Gasteiger partial charge < -0.3 is 25.8 Å². The van der Waals surface area contributed by atoms with E-state index in [2.05, 4.69) is 10.2 Å². The fourth-order valence-corrected chi connectivity index (χ4v) is 3.59. The summed E-state index contributed by atoms with van der Waals surface area (Å²) in [5.74, 6) is -0.612. The number of anilines is 1. The minimum atomic E-state index is -0.510. The molecule has 0 radical (unpaired) electrons. The maximum Gasteiger partial charge on any atom is 0.254 e. The van der Waals surface area contributed by atoms with Crippen molar-refractivity contribution in [1.82, 2.24) is 14.7 Å². The number of piperazine rings is 1.